The maximum atomic E-state index is 5.19. The van der Waals surface area contributed by atoms with Gasteiger partial charge in [0, 0.05) is 65.4 Å². The van der Waals surface area contributed by atoms with Crippen LogP contribution in [0.15, 0.2) is 12.2 Å². The molecule has 0 nitrogen and oxygen atoms in total. The summed E-state index contributed by atoms with van der Waals surface area (Å²) in [4.78, 5) is 0. The molecule has 0 bridgehead atoms. The molecule has 0 aromatic rings. The minimum absolute atomic E-state index is 0. The Morgan fingerprint density at radius 3 is 0.875 bits per heavy atom. The van der Waals surface area contributed by atoms with Gasteiger partial charge in [-0.1, -0.05) is 54.4 Å². The van der Waals surface area contributed by atoms with Crippen LogP contribution in [0.3, 0.4) is 0 Å². The summed E-state index contributed by atoms with van der Waals surface area (Å²) in [5, 5.41) is 0. The predicted molar refractivity (Wildman–Crippen MR) is 65.9 cm³/mol. The van der Waals surface area contributed by atoms with Gasteiger partial charge in [0.1, 0.15) is 0 Å². The molecule has 0 atom stereocenters. The van der Waals surface area contributed by atoms with Crippen LogP contribution in [0.1, 0.15) is 54.4 Å². The quantitative estimate of drug-likeness (QED) is 0.610. The van der Waals surface area contributed by atoms with Crippen LogP contribution in [-0.4, -0.2) is 0 Å². The first-order valence-electron chi connectivity index (χ1n) is 5.19. The predicted octanol–water partition coefficient (Wildman–Crippen LogP) is 4.82. The van der Waals surface area contributed by atoms with E-state index in [1.54, 1.807) is 12.2 Å². The molecule has 0 N–H and O–H groups in total. The molecule has 0 saturated carbocycles. The van der Waals surface area contributed by atoms with E-state index in [1.807, 2.05) is 0 Å². The molecule has 90 valence electrons. The Hall–Kier alpha value is 1.69. The Bertz CT molecular complexity index is 139. The summed E-state index contributed by atoms with van der Waals surface area (Å²) in [5.41, 5.74) is 0.740. The van der Waals surface area contributed by atoms with Crippen molar-refractivity contribution in [2.75, 3.05) is 0 Å². The van der Waals surface area contributed by atoms with Gasteiger partial charge in [-0.25, -0.2) is 0 Å². The monoisotopic (exact) mass is 372 g/mol. The van der Waals surface area contributed by atoms with Gasteiger partial charge < -0.3 is 13.2 Å². The third-order valence-corrected chi connectivity index (χ3v) is 1.46. The van der Waals surface area contributed by atoms with Gasteiger partial charge in [-0.2, -0.15) is 0 Å². The van der Waals surface area contributed by atoms with Crippen molar-refractivity contribution in [3.63, 3.8) is 0 Å². The molecule has 0 aliphatic carbocycles. The second-order valence-electron chi connectivity index (χ2n) is 6.00. The van der Waals surface area contributed by atoms with Crippen LogP contribution >= 0.6 is 0 Å². The first-order valence-corrected chi connectivity index (χ1v) is 5.19. The molecule has 0 aromatic heterocycles. The van der Waals surface area contributed by atoms with Gasteiger partial charge in [0.2, 0.25) is 0 Å². The number of hydrogen-bond acceptors (Lipinski definition) is 0. The van der Waals surface area contributed by atoms with E-state index < -0.39 is 0 Å². The van der Waals surface area contributed by atoms with Crippen LogP contribution in [-0.2, 0) is 65.4 Å². The van der Waals surface area contributed by atoms with Gasteiger partial charge >= 0.3 is 0 Å². The molecule has 0 aliphatic rings. The van der Waals surface area contributed by atoms with Gasteiger partial charge in [0.25, 0.3) is 0 Å². The fourth-order valence-electron chi connectivity index (χ4n) is 0.707. The molecule has 0 aliphatic heterocycles. The van der Waals surface area contributed by atoms with Crippen molar-refractivity contribution in [2.45, 2.75) is 54.4 Å². The average molecular weight is 372 g/mol. The second kappa shape index (κ2) is 13.1. The van der Waals surface area contributed by atoms with E-state index in [4.69, 9.17) is 13.2 Å². The Labute approximate surface area is 154 Å². The maximum Gasteiger partial charge on any atom is 0 e. The fourth-order valence-corrected chi connectivity index (χ4v) is 0.707. The molecular formula is C14H26Y2-2. The van der Waals surface area contributed by atoms with Crippen molar-refractivity contribution in [3.8, 4) is 0 Å². The summed E-state index contributed by atoms with van der Waals surface area (Å²) in [7, 11) is 0. The third-order valence-electron chi connectivity index (χ3n) is 1.46. The van der Waals surface area contributed by atoms with Crippen LogP contribution in [0.4, 0.5) is 0 Å². The molecule has 0 rings (SSSR count). The first kappa shape index (κ1) is 26.3. The molecule has 0 unspecified atom stereocenters. The van der Waals surface area contributed by atoms with Crippen molar-refractivity contribution in [1.29, 1.82) is 0 Å². The van der Waals surface area contributed by atoms with E-state index in [1.165, 1.54) is 0 Å². The summed E-state index contributed by atoms with van der Waals surface area (Å²) in [6.45, 7) is 23.4. The van der Waals surface area contributed by atoms with Gasteiger partial charge in [-0.3, -0.25) is 12.2 Å². The first-order chi connectivity index (χ1) is 6.12. The topological polar surface area (TPSA) is 0 Å². The van der Waals surface area contributed by atoms with E-state index in [0.717, 1.165) is 12.8 Å². The Morgan fingerprint density at radius 2 is 0.875 bits per heavy atom. The fraction of sp³-hybridized carbons (Fsp3) is 0.714. The van der Waals surface area contributed by atoms with Crippen LogP contribution in [0, 0.1) is 24.0 Å². The number of rotatable bonds is 2. The minimum Gasteiger partial charge on any atom is -0.518 e. The standard InChI is InChI=1S/2C7H13.2Y/c2*1-5-6-7(2,3)4;;/h2*1,5H,6H2,2-4H3;;/q2*-1;;. The van der Waals surface area contributed by atoms with Crippen LogP contribution < -0.4 is 0 Å². The van der Waals surface area contributed by atoms with Gasteiger partial charge in [0.15, 0.2) is 0 Å². The van der Waals surface area contributed by atoms with Crippen LogP contribution in [0.25, 0.3) is 0 Å². The summed E-state index contributed by atoms with van der Waals surface area (Å²) in [5.74, 6) is 0. The molecule has 2 heteroatoms. The van der Waals surface area contributed by atoms with Crippen molar-refractivity contribution in [1.82, 2.24) is 0 Å². The molecule has 2 radical (unpaired) electrons. The van der Waals surface area contributed by atoms with Crippen LogP contribution in [0.5, 0.6) is 0 Å². The number of hydrogen-bond donors (Lipinski definition) is 0. The van der Waals surface area contributed by atoms with E-state index in [-0.39, 0.29) is 65.4 Å². The van der Waals surface area contributed by atoms with Gasteiger partial charge in [-0.05, 0) is 10.8 Å². The molecular weight excluding hydrogens is 346 g/mol. The van der Waals surface area contributed by atoms with Crippen molar-refractivity contribution < 1.29 is 65.4 Å². The molecule has 16 heavy (non-hydrogen) atoms. The molecule has 0 heterocycles. The summed E-state index contributed by atoms with van der Waals surface area (Å²) < 4.78 is 0. The molecule has 0 spiro atoms. The molecule has 0 fully saturated rings. The zero-order valence-corrected chi connectivity index (χ0v) is 17.6. The van der Waals surface area contributed by atoms with Crippen molar-refractivity contribution >= 4 is 0 Å². The van der Waals surface area contributed by atoms with Crippen molar-refractivity contribution in [2.24, 2.45) is 10.8 Å². The van der Waals surface area contributed by atoms with Gasteiger partial charge in [-0.15, -0.1) is 0 Å². The smallest absolute Gasteiger partial charge is 0 e. The SMILES string of the molecule is [CH-]=CCC(C)(C)C.[CH-]=CCC(C)(C)C.[Y].[Y]. The van der Waals surface area contributed by atoms with E-state index >= 15 is 0 Å². The van der Waals surface area contributed by atoms with Crippen molar-refractivity contribution in [3.05, 3.63) is 25.3 Å². The largest absolute Gasteiger partial charge is 0.518 e. The van der Waals surface area contributed by atoms with Crippen LogP contribution in [0.2, 0.25) is 0 Å². The normalized spacial score (nSPS) is 9.88. The Balaban J connectivity index is -0.0000000800. The van der Waals surface area contributed by atoms with E-state index in [9.17, 15) is 0 Å². The third kappa shape index (κ3) is 36.1. The van der Waals surface area contributed by atoms with Gasteiger partial charge in [0.05, 0.1) is 0 Å². The maximum absolute atomic E-state index is 5.19. The summed E-state index contributed by atoms with van der Waals surface area (Å²) in [6, 6.07) is 0. The molecule has 0 amide bonds. The average Bonchev–Trinajstić information content (AvgIpc) is 1.81. The minimum atomic E-state index is 0. The number of allylic oxidation sites excluding steroid dienone is 2. The Kier molecular flexibility index (Phi) is 21.6. The molecule has 0 aromatic carbocycles. The van der Waals surface area contributed by atoms with E-state index in [2.05, 4.69) is 41.5 Å². The zero-order valence-electron chi connectivity index (χ0n) is 11.9. The summed E-state index contributed by atoms with van der Waals surface area (Å²) >= 11 is 0. The Morgan fingerprint density at radius 1 is 0.688 bits per heavy atom. The zero-order chi connectivity index (χ0) is 11.8. The molecule has 0 saturated heterocycles. The van der Waals surface area contributed by atoms with E-state index in [0.29, 0.717) is 10.8 Å². The second-order valence-corrected chi connectivity index (χ2v) is 6.00. The summed E-state index contributed by atoms with van der Waals surface area (Å²) in [6.07, 6.45) is 5.40.